The second kappa shape index (κ2) is 7.62. The van der Waals surface area contributed by atoms with E-state index < -0.39 is 10.8 Å². The first-order chi connectivity index (χ1) is 10.8. The maximum absolute atomic E-state index is 12.3. The van der Waals surface area contributed by atoms with Gasteiger partial charge in [-0.1, -0.05) is 18.2 Å². The van der Waals surface area contributed by atoms with E-state index >= 15 is 0 Å². The number of morpholine rings is 1. The number of rotatable bonds is 6. The molecule has 7 heteroatoms. The van der Waals surface area contributed by atoms with Crippen LogP contribution in [0.1, 0.15) is 0 Å². The molecular weight excluding hydrogens is 300 g/mol. The Balaban J connectivity index is 1.47. The van der Waals surface area contributed by atoms with E-state index in [2.05, 4.69) is 15.0 Å². The van der Waals surface area contributed by atoms with Crippen LogP contribution in [0.5, 0.6) is 0 Å². The van der Waals surface area contributed by atoms with Gasteiger partial charge in [0.25, 0.3) is 0 Å². The second-order valence-corrected chi connectivity index (χ2v) is 6.84. The first kappa shape index (κ1) is 15.3. The fourth-order valence-corrected chi connectivity index (χ4v) is 3.65. The van der Waals surface area contributed by atoms with Crippen LogP contribution in [0.3, 0.4) is 0 Å². The first-order valence-electron chi connectivity index (χ1n) is 7.41. The lowest BCUT2D eigenvalue weighted by molar-refractivity contribution is -0.0355. The Morgan fingerprint density at radius 2 is 2.18 bits per heavy atom. The smallest absolute Gasteiger partial charge is 0.137 e. The zero-order chi connectivity index (χ0) is 15.2. The minimum atomic E-state index is -0.938. The molecule has 2 heterocycles. The Morgan fingerprint density at radius 1 is 1.32 bits per heavy atom. The summed E-state index contributed by atoms with van der Waals surface area (Å²) in [5.74, 6) is 0.653. The Labute approximate surface area is 132 Å². The molecule has 1 saturated heterocycles. The van der Waals surface area contributed by atoms with E-state index in [9.17, 15) is 4.21 Å². The quantitative estimate of drug-likeness (QED) is 0.787. The summed E-state index contributed by atoms with van der Waals surface area (Å²) in [6.07, 6.45) is 3.34. The number of aromatic nitrogens is 3. The van der Waals surface area contributed by atoms with E-state index in [0.717, 1.165) is 24.5 Å². The van der Waals surface area contributed by atoms with Gasteiger partial charge in [0, 0.05) is 30.3 Å². The van der Waals surface area contributed by atoms with Crippen molar-refractivity contribution in [2.45, 2.75) is 17.5 Å². The van der Waals surface area contributed by atoms with Crippen LogP contribution in [-0.2, 0) is 22.1 Å². The lowest BCUT2D eigenvalue weighted by Gasteiger charge is -2.32. The van der Waals surface area contributed by atoms with Crippen molar-refractivity contribution in [3.63, 3.8) is 0 Å². The van der Waals surface area contributed by atoms with E-state index in [0.29, 0.717) is 18.9 Å². The van der Waals surface area contributed by atoms with Crippen LogP contribution in [0.4, 0.5) is 0 Å². The van der Waals surface area contributed by atoms with E-state index in [1.807, 2.05) is 30.3 Å². The molecule has 1 aliphatic heterocycles. The lowest BCUT2D eigenvalue weighted by atomic mass is 10.2. The van der Waals surface area contributed by atoms with Crippen LogP contribution in [0.15, 0.2) is 47.9 Å². The third-order valence-corrected chi connectivity index (χ3v) is 5.03. The van der Waals surface area contributed by atoms with Gasteiger partial charge in [-0.2, -0.15) is 5.10 Å². The van der Waals surface area contributed by atoms with Gasteiger partial charge in [0.05, 0.1) is 30.1 Å². The molecule has 1 aliphatic rings. The van der Waals surface area contributed by atoms with Crippen LogP contribution in [-0.4, -0.2) is 62.0 Å². The molecule has 0 bridgehead atoms. The second-order valence-electron chi connectivity index (χ2n) is 5.27. The van der Waals surface area contributed by atoms with Gasteiger partial charge < -0.3 is 4.74 Å². The van der Waals surface area contributed by atoms with Crippen molar-refractivity contribution in [1.82, 2.24) is 19.7 Å². The summed E-state index contributed by atoms with van der Waals surface area (Å²) in [7, 11) is -0.938. The van der Waals surface area contributed by atoms with E-state index in [4.69, 9.17) is 4.74 Å². The highest BCUT2D eigenvalue weighted by molar-refractivity contribution is 7.85. The minimum absolute atomic E-state index is 0.112. The average Bonchev–Trinajstić information content (AvgIpc) is 3.07. The molecule has 2 aromatic rings. The van der Waals surface area contributed by atoms with Crippen LogP contribution in [0.2, 0.25) is 0 Å². The molecule has 0 radical (unpaired) electrons. The Kier molecular flexibility index (Phi) is 5.31. The van der Waals surface area contributed by atoms with Crippen molar-refractivity contribution < 1.29 is 8.95 Å². The molecule has 0 saturated carbocycles. The topological polar surface area (TPSA) is 60.2 Å². The van der Waals surface area contributed by atoms with Crippen molar-refractivity contribution in [3.05, 3.63) is 43.0 Å². The molecule has 1 fully saturated rings. The maximum Gasteiger partial charge on any atom is 0.137 e. The summed E-state index contributed by atoms with van der Waals surface area (Å²) in [4.78, 5) is 7.15. The Hall–Kier alpha value is -1.57. The van der Waals surface area contributed by atoms with Gasteiger partial charge in [-0.25, -0.2) is 4.98 Å². The SMILES string of the molecule is O=[S@@](CCN1CCO[C@H](Cn2cncn2)C1)c1ccccc1. The van der Waals surface area contributed by atoms with E-state index in [-0.39, 0.29) is 6.10 Å². The molecule has 1 aromatic carbocycles. The normalized spacial score (nSPS) is 20.8. The molecule has 0 aliphatic carbocycles. The number of nitrogens with zero attached hydrogens (tertiary/aromatic N) is 4. The fourth-order valence-electron chi connectivity index (χ4n) is 2.53. The fraction of sp³-hybridized carbons (Fsp3) is 0.467. The summed E-state index contributed by atoms with van der Waals surface area (Å²) in [6, 6.07) is 9.63. The van der Waals surface area contributed by atoms with E-state index in [1.165, 1.54) is 6.33 Å². The van der Waals surface area contributed by atoms with Crippen LogP contribution >= 0.6 is 0 Å². The summed E-state index contributed by atoms with van der Waals surface area (Å²) >= 11 is 0. The highest BCUT2D eigenvalue weighted by atomic mass is 32.2. The van der Waals surface area contributed by atoms with Crippen LogP contribution in [0.25, 0.3) is 0 Å². The number of hydrogen-bond acceptors (Lipinski definition) is 5. The highest BCUT2D eigenvalue weighted by Gasteiger charge is 2.21. The molecule has 0 N–H and O–H groups in total. The van der Waals surface area contributed by atoms with Crippen molar-refractivity contribution in [1.29, 1.82) is 0 Å². The van der Waals surface area contributed by atoms with Crippen molar-refractivity contribution in [2.24, 2.45) is 0 Å². The standard InChI is InChI=1S/C15H20N4O2S/c20-22(15-4-2-1-3-5-15)9-7-18-6-8-21-14(10-18)11-19-13-16-12-17-19/h1-5,12-14H,6-11H2/t14-,22-/m0/s1. The van der Waals surface area contributed by atoms with Crippen molar-refractivity contribution in [3.8, 4) is 0 Å². The third kappa shape index (κ3) is 4.22. The molecule has 118 valence electrons. The van der Waals surface area contributed by atoms with Gasteiger partial charge in [-0.15, -0.1) is 0 Å². The number of hydrogen-bond donors (Lipinski definition) is 0. The number of benzene rings is 1. The zero-order valence-corrected chi connectivity index (χ0v) is 13.2. The molecule has 2 atom stereocenters. The summed E-state index contributed by atoms with van der Waals surface area (Å²) in [5, 5.41) is 4.11. The number of ether oxygens (including phenoxy) is 1. The van der Waals surface area contributed by atoms with Gasteiger partial charge in [0.2, 0.25) is 0 Å². The summed E-state index contributed by atoms with van der Waals surface area (Å²) < 4.78 is 19.8. The molecule has 6 nitrogen and oxygen atoms in total. The molecule has 0 unspecified atom stereocenters. The maximum atomic E-state index is 12.3. The predicted molar refractivity (Wildman–Crippen MR) is 83.9 cm³/mol. The summed E-state index contributed by atoms with van der Waals surface area (Å²) in [5.41, 5.74) is 0. The first-order valence-corrected chi connectivity index (χ1v) is 8.73. The van der Waals surface area contributed by atoms with Crippen LogP contribution < -0.4 is 0 Å². The predicted octanol–water partition coefficient (Wildman–Crippen LogP) is 0.787. The van der Waals surface area contributed by atoms with Crippen molar-refractivity contribution in [2.75, 3.05) is 32.0 Å². The Bertz CT molecular complexity index is 591. The zero-order valence-electron chi connectivity index (χ0n) is 12.4. The molecule has 0 amide bonds. The lowest BCUT2D eigenvalue weighted by Crippen LogP contribution is -2.45. The van der Waals surface area contributed by atoms with Gasteiger partial charge in [-0.05, 0) is 12.1 Å². The van der Waals surface area contributed by atoms with Gasteiger partial charge >= 0.3 is 0 Å². The monoisotopic (exact) mass is 320 g/mol. The van der Waals surface area contributed by atoms with Crippen LogP contribution in [0, 0.1) is 0 Å². The van der Waals surface area contributed by atoms with Gasteiger partial charge in [0.15, 0.2) is 0 Å². The molecule has 1 aromatic heterocycles. The Morgan fingerprint density at radius 3 is 2.95 bits per heavy atom. The summed E-state index contributed by atoms with van der Waals surface area (Å²) in [6.45, 7) is 3.96. The molecule has 22 heavy (non-hydrogen) atoms. The van der Waals surface area contributed by atoms with Crippen molar-refractivity contribution >= 4 is 10.8 Å². The largest absolute Gasteiger partial charge is 0.374 e. The third-order valence-electron chi connectivity index (χ3n) is 3.68. The van der Waals surface area contributed by atoms with Gasteiger partial charge in [-0.3, -0.25) is 13.8 Å². The molecule has 3 rings (SSSR count). The molecule has 0 spiro atoms. The highest BCUT2D eigenvalue weighted by Crippen LogP contribution is 2.09. The average molecular weight is 320 g/mol. The van der Waals surface area contributed by atoms with E-state index in [1.54, 1.807) is 11.0 Å². The minimum Gasteiger partial charge on any atom is -0.374 e. The van der Waals surface area contributed by atoms with Gasteiger partial charge in [0.1, 0.15) is 12.7 Å². The molecular formula is C15H20N4O2S.